The summed E-state index contributed by atoms with van der Waals surface area (Å²) in [7, 11) is 0. The Bertz CT molecular complexity index is 1020. The normalized spacial score (nSPS) is 23.8. The van der Waals surface area contributed by atoms with Crippen LogP contribution in [0.2, 0.25) is 0 Å². The van der Waals surface area contributed by atoms with Gasteiger partial charge in [-0.3, -0.25) is 9.59 Å². The van der Waals surface area contributed by atoms with E-state index in [1.807, 2.05) is 40.1 Å². The summed E-state index contributed by atoms with van der Waals surface area (Å²) < 4.78 is 19.1. The molecule has 0 N–H and O–H groups in total. The van der Waals surface area contributed by atoms with E-state index in [9.17, 15) is 14.0 Å². The first-order chi connectivity index (χ1) is 16.1. The Labute approximate surface area is 194 Å². The second-order valence-corrected chi connectivity index (χ2v) is 9.52. The summed E-state index contributed by atoms with van der Waals surface area (Å²) in [6.07, 6.45) is 4.46. The molecule has 33 heavy (non-hydrogen) atoms. The van der Waals surface area contributed by atoms with Crippen LogP contribution < -0.4 is 0 Å². The maximum absolute atomic E-state index is 13.7. The quantitative estimate of drug-likeness (QED) is 0.698. The van der Waals surface area contributed by atoms with Gasteiger partial charge in [0.2, 0.25) is 5.91 Å². The van der Waals surface area contributed by atoms with Crippen LogP contribution in [0.3, 0.4) is 0 Å². The van der Waals surface area contributed by atoms with Gasteiger partial charge in [0.25, 0.3) is 5.91 Å². The number of hydrogen-bond donors (Lipinski definition) is 0. The molecule has 6 heteroatoms. The van der Waals surface area contributed by atoms with Crippen molar-refractivity contribution in [2.75, 3.05) is 32.8 Å². The molecule has 0 bridgehead atoms. The largest absolute Gasteiger partial charge is 0.381 e. The standard InChI is InChI=1S/C27H31FN2O3/c28-24-8-2-5-21(17-24)20-4-1-6-22(16-20)27(32)30-12-3-7-23-18-29(13-9-25(23)30)26(31)19-10-14-33-15-11-19/h1-2,4-6,8,16-17,19,23,25H,3,7,9-15,18H2/t23-,25+/m1/s1. The number of carbonyl (C=O) groups excluding carboxylic acids is 2. The third-order valence-electron chi connectivity index (χ3n) is 7.48. The molecule has 0 saturated carbocycles. The maximum atomic E-state index is 13.7. The lowest BCUT2D eigenvalue weighted by Crippen LogP contribution is -2.57. The smallest absolute Gasteiger partial charge is 0.254 e. The molecule has 174 valence electrons. The van der Waals surface area contributed by atoms with Gasteiger partial charge in [-0.25, -0.2) is 4.39 Å². The van der Waals surface area contributed by atoms with E-state index in [2.05, 4.69) is 0 Å². The molecular weight excluding hydrogens is 419 g/mol. The minimum absolute atomic E-state index is 0.0344. The molecule has 3 fully saturated rings. The number of amides is 2. The first-order valence-corrected chi connectivity index (χ1v) is 12.1. The predicted molar refractivity (Wildman–Crippen MR) is 124 cm³/mol. The Hall–Kier alpha value is -2.73. The van der Waals surface area contributed by atoms with Gasteiger partial charge in [-0.2, -0.15) is 0 Å². The van der Waals surface area contributed by atoms with Crippen molar-refractivity contribution in [1.29, 1.82) is 0 Å². The molecule has 3 saturated heterocycles. The van der Waals surface area contributed by atoms with Gasteiger partial charge in [0, 0.05) is 50.4 Å². The SMILES string of the molecule is O=C(C1CCOCC1)N1CC[C@H]2[C@H](CCCN2C(=O)c2cccc(-c3cccc(F)c3)c2)C1. The fraction of sp³-hybridized carbons (Fsp3) is 0.481. The van der Waals surface area contributed by atoms with Crippen LogP contribution in [-0.2, 0) is 9.53 Å². The van der Waals surface area contributed by atoms with Crippen molar-refractivity contribution in [3.05, 3.63) is 59.9 Å². The lowest BCUT2D eigenvalue weighted by Gasteiger charge is -2.48. The molecule has 0 aliphatic carbocycles. The maximum Gasteiger partial charge on any atom is 0.254 e. The van der Waals surface area contributed by atoms with E-state index < -0.39 is 0 Å². The molecule has 2 aromatic rings. The highest BCUT2D eigenvalue weighted by Crippen LogP contribution is 2.33. The van der Waals surface area contributed by atoms with Gasteiger partial charge in [0.05, 0.1) is 0 Å². The highest BCUT2D eigenvalue weighted by atomic mass is 19.1. The number of ether oxygens (including phenoxy) is 1. The predicted octanol–water partition coefficient (Wildman–Crippen LogP) is 4.37. The number of likely N-dealkylation sites (tertiary alicyclic amines) is 2. The van der Waals surface area contributed by atoms with Crippen molar-refractivity contribution in [1.82, 2.24) is 9.80 Å². The molecule has 0 radical (unpaired) electrons. The summed E-state index contributed by atoms with van der Waals surface area (Å²) in [6, 6.07) is 14.1. The van der Waals surface area contributed by atoms with Gasteiger partial charge in [-0.1, -0.05) is 24.3 Å². The number of carbonyl (C=O) groups is 2. The van der Waals surface area contributed by atoms with Gasteiger partial charge in [-0.15, -0.1) is 0 Å². The number of rotatable bonds is 3. The molecule has 3 heterocycles. The van der Waals surface area contributed by atoms with E-state index in [0.717, 1.165) is 56.3 Å². The van der Waals surface area contributed by atoms with Crippen molar-refractivity contribution in [3.8, 4) is 11.1 Å². The lowest BCUT2D eigenvalue weighted by atomic mass is 9.82. The molecule has 0 spiro atoms. The van der Waals surface area contributed by atoms with Gasteiger partial charge in [0.15, 0.2) is 0 Å². The zero-order chi connectivity index (χ0) is 22.8. The number of nitrogens with zero attached hydrogens (tertiary/aromatic N) is 2. The summed E-state index contributed by atoms with van der Waals surface area (Å²) in [5.41, 5.74) is 2.24. The van der Waals surface area contributed by atoms with E-state index in [-0.39, 0.29) is 29.6 Å². The number of piperidine rings is 2. The highest BCUT2D eigenvalue weighted by molar-refractivity contribution is 5.95. The van der Waals surface area contributed by atoms with Crippen molar-refractivity contribution < 1.29 is 18.7 Å². The Morgan fingerprint density at radius 1 is 0.909 bits per heavy atom. The van der Waals surface area contributed by atoms with Crippen LogP contribution in [0.1, 0.15) is 42.5 Å². The molecule has 0 unspecified atom stereocenters. The third-order valence-corrected chi connectivity index (χ3v) is 7.48. The highest BCUT2D eigenvalue weighted by Gasteiger charge is 2.40. The van der Waals surface area contributed by atoms with E-state index in [4.69, 9.17) is 4.74 Å². The van der Waals surface area contributed by atoms with Crippen LogP contribution in [0.5, 0.6) is 0 Å². The molecule has 5 rings (SSSR count). The van der Waals surface area contributed by atoms with Crippen LogP contribution in [0.4, 0.5) is 4.39 Å². The number of fused-ring (bicyclic) bond motifs is 1. The average molecular weight is 451 g/mol. The number of benzene rings is 2. The van der Waals surface area contributed by atoms with E-state index in [1.54, 1.807) is 6.07 Å². The van der Waals surface area contributed by atoms with Gasteiger partial charge < -0.3 is 14.5 Å². The third kappa shape index (κ3) is 4.67. The fourth-order valence-corrected chi connectivity index (χ4v) is 5.72. The summed E-state index contributed by atoms with van der Waals surface area (Å²) >= 11 is 0. The fourth-order valence-electron chi connectivity index (χ4n) is 5.72. The Balaban J connectivity index is 1.29. The minimum atomic E-state index is -0.287. The van der Waals surface area contributed by atoms with Crippen molar-refractivity contribution in [2.45, 2.75) is 38.1 Å². The van der Waals surface area contributed by atoms with E-state index in [1.165, 1.54) is 12.1 Å². The minimum Gasteiger partial charge on any atom is -0.381 e. The molecule has 2 atom stereocenters. The molecular formula is C27H31FN2O3. The molecule has 5 nitrogen and oxygen atoms in total. The molecule has 3 aliphatic heterocycles. The first kappa shape index (κ1) is 22.1. The van der Waals surface area contributed by atoms with Crippen molar-refractivity contribution >= 4 is 11.8 Å². The van der Waals surface area contributed by atoms with E-state index in [0.29, 0.717) is 31.2 Å². The molecule has 0 aromatic heterocycles. The Morgan fingerprint density at radius 3 is 2.45 bits per heavy atom. The molecule has 3 aliphatic rings. The van der Waals surface area contributed by atoms with Gasteiger partial charge in [-0.05, 0) is 73.4 Å². The lowest BCUT2D eigenvalue weighted by molar-refractivity contribution is -0.141. The zero-order valence-electron chi connectivity index (χ0n) is 18.9. The van der Waals surface area contributed by atoms with Crippen molar-refractivity contribution in [2.24, 2.45) is 11.8 Å². The topological polar surface area (TPSA) is 49.9 Å². The van der Waals surface area contributed by atoms with Crippen LogP contribution in [0.25, 0.3) is 11.1 Å². The average Bonchev–Trinajstić information content (AvgIpc) is 2.87. The molecule has 2 aromatic carbocycles. The summed E-state index contributed by atoms with van der Waals surface area (Å²) in [4.78, 5) is 30.6. The summed E-state index contributed by atoms with van der Waals surface area (Å²) in [6.45, 7) is 3.55. The second kappa shape index (κ2) is 9.64. The number of halogens is 1. The number of hydrogen-bond acceptors (Lipinski definition) is 3. The van der Waals surface area contributed by atoms with Crippen molar-refractivity contribution in [3.63, 3.8) is 0 Å². The first-order valence-electron chi connectivity index (χ1n) is 12.1. The van der Waals surface area contributed by atoms with Crippen LogP contribution in [-0.4, -0.2) is 60.5 Å². The van der Waals surface area contributed by atoms with Crippen LogP contribution >= 0.6 is 0 Å². The molecule has 2 amide bonds. The zero-order valence-corrected chi connectivity index (χ0v) is 18.9. The Kier molecular flexibility index (Phi) is 6.45. The van der Waals surface area contributed by atoms with Crippen LogP contribution in [0.15, 0.2) is 48.5 Å². The van der Waals surface area contributed by atoms with E-state index >= 15 is 0 Å². The summed E-state index contributed by atoms with van der Waals surface area (Å²) in [5.74, 6) is 0.425. The monoisotopic (exact) mass is 450 g/mol. The second-order valence-electron chi connectivity index (χ2n) is 9.52. The summed E-state index contributed by atoms with van der Waals surface area (Å²) in [5, 5.41) is 0. The Morgan fingerprint density at radius 2 is 1.67 bits per heavy atom. The van der Waals surface area contributed by atoms with Gasteiger partial charge in [0.1, 0.15) is 5.82 Å². The van der Waals surface area contributed by atoms with Crippen LogP contribution in [0, 0.1) is 17.7 Å². The van der Waals surface area contributed by atoms with Gasteiger partial charge >= 0.3 is 0 Å².